The summed E-state index contributed by atoms with van der Waals surface area (Å²) in [4.78, 5) is 33.6. The van der Waals surface area contributed by atoms with Gasteiger partial charge in [0.25, 0.3) is 10.0 Å². The quantitative estimate of drug-likeness (QED) is 0.0539. The lowest BCUT2D eigenvalue weighted by Gasteiger charge is -2.15. The Kier molecular flexibility index (Phi) is 16.7. The van der Waals surface area contributed by atoms with E-state index < -0.39 is 40.7 Å². The molecule has 74 heavy (non-hydrogen) atoms. The second-order valence-electron chi connectivity index (χ2n) is 17.8. The average Bonchev–Trinajstić information content (AvgIpc) is 4.17. The number of aromatic carboxylic acids is 1. The number of methoxy groups -OCH3 is 2. The number of esters is 1. The lowest BCUT2D eigenvalue weighted by molar-refractivity contribution is 0.0592. The van der Waals surface area contributed by atoms with E-state index >= 15 is 0 Å². The Morgan fingerprint density at radius 1 is 0.757 bits per heavy atom. The van der Waals surface area contributed by atoms with E-state index in [1.54, 1.807) is 54.7 Å². The molecule has 0 aliphatic carbocycles. The minimum atomic E-state index is -3.95. The number of aryl methyl sites for hydroxylation is 2. The van der Waals surface area contributed by atoms with Crippen LogP contribution in [-0.4, -0.2) is 75.8 Å². The highest BCUT2D eigenvalue weighted by molar-refractivity contribution is 9.10. The molecular formula is C54H50BBrCl2F2N4O9S. The van der Waals surface area contributed by atoms with Crippen LogP contribution in [0.15, 0.2) is 119 Å². The Morgan fingerprint density at radius 3 is 1.96 bits per heavy atom. The number of carbonyl (C=O) groups is 2. The van der Waals surface area contributed by atoms with Crippen molar-refractivity contribution in [1.29, 1.82) is 0 Å². The number of ether oxygens (including phenoxy) is 2. The van der Waals surface area contributed by atoms with Gasteiger partial charge < -0.3 is 39.6 Å². The van der Waals surface area contributed by atoms with Crippen molar-refractivity contribution in [3.8, 4) is 39.4 Å². The van der Waals surface area contributed by atoms with E-state index in [9.17, 15) is 31.9 Å². The van der Waals surface area contributed by atoms with E-state index in [1.807, 2.05) is 53.7 Å². The zero-order chi connectivity index (χ0) is 54.1. The maximum absolute atomic E-state index is 14.8. The molecule has 20 heteroatoms. The number of carbonyl (C=O) groups excluding carboxylic acids is 1. The molecule has 0 bridgehead atoms. The Hall–Kier alpha value is -6.67. The number of carboxylic acid groups (broad SMARTS) is 1. The highest BCUT2D eigenvalue weighted by Gasteiger charge is 2.30. The molecule has 4 aromatic heterocycles. The number of aromatic nitrogens is 4. The van der Waals surface area contributed by atoms with Crippen molar-refractivity contribution in [2.24, 2.45) is 0 Å². The molecule has 0 aliphatic rings. The lowest BCUT2D eigenvalue weighted by atomic mass is 9.79. The molecule has 5 aromatic carbocycles. The van der Waals surface area contributed by atoms with Crippen LogP contribution >= 0.6 is 39.1 Å². The number of hydrogen-bond donors (Lipinski definition) is 6. The number of nitrogens with one attached hydrogen (secondary N) is 3. The summed E-state index contributed by atoms with van der Waals surface area (Å²) in [7, 11) is -2.65. The summed E-state index contributed by atoms with van der Waals surface area (Å²) in [6.07, 6.45) is 3.14. The number of halogens is 5. The third-order valence-corrected chi connectivity index (χ3v) is 15.6. The summed E-state index contributed by atoms with van der Waals surface area (Å²) >= 11 is 15.8. The van der Waals surface area contributed by atoms with Crippen molar-refractivity contribution < 1.29 is 51.4 Å². The topological polar surface area (TPSA) is 200 Å². The van der Waals surface area contributed by atoms with Crippen LogP contribution in [-0.2, 0) is 14.8 Å². The molecular weight excluding hydrogens is 1080 g/mol. The first-order valence-corrected chi connectivity index (χ1v) is 25.8. The van der Waals surface area contributed by atoms with Crippen LogP contribution in [0, 0.1) is 25.5 Å². The van der Waals surface area contributed by atoms with E-state index in [2.05, 4.69) is 30.9 Å². The first-order valence-electron chi connectivity index (χ1n) is 22.8. The van der Waals surface area contributed by atoms with E-state index in [0.29, 0.717) is 70.3 Å². The molecule has 0 saturated heterocycles. The van der Waals surface area contributed by atoms with Gasteiger partial charge in [0.15, 0.2) is 0 Å². The summed E-state index contributed by atoms with van der Waals surface area (Å²) in [5.41, 5.74) is 7.80. The molecule has 9 aromatic rings. The van der Waals surface area contributed by atoms with Crippen LogP contribution in [0.1, 0.15) is 82.8 Å². The van der Waals surface area contributed by atoms with Crippen LogP contribution in [0.25, 0.3) is 55.4 Å². The third-order valence-electron chi connectivity index (χ3n) is 12.2. The van der Waals surface area contributed by atoms with Crippen LogP contribution in [0.4, 0.5) is 8.78 Å². The van der Waals surface area contributed by atoms with Gasteiger partial charge in [0.1, 0.15) is 28.8 Å². The Bertz CT molecular complexity index is 3700. The maximum Gasteiger partial charge on any atom is 0.489 e. The predicted molar refractivity (Wildman–Crippen MR) is 291 cm³/mol. The fraction of sp³-hybridized carbons (Fsp3) is 0.185. The molecule has 0 saturated carbocycles. The smallest absolute Gasteiger partial charge is 0.489 e. The normalized spacial score (nSPS) is 11.4. The van der Waals surface area contributed by atoms with Crippen LogP contribution < -0.4 is 10.2 Å². The van der Waals surface area contributed by atoms with Gasteiger partial charge in [-0.2, -0.15) is 0 Å². The van der Waals surface area contributed by atoms with Crippen molar-refractivity contribution >= 4 is 95.5 Å². The molecule has 0 spiro atoms. The van der Waals surface area contributed by atoms with Gasteiger partial charge in [-0.25, -0.2) is 30.8 Å². The molecule has 13 nitrogen and oxygen atoms in total. The standard InChI is InChI=1S/C24H22BrFN2O4S.C23H20ClFN2O3.C7H8BClO2/c1-13(2)20-21(25)23(24(29)32-4)27-22(20)18-11-15(26)12-19-17(18)9-10-28(19)33(30,31)16-7-5-14(3)6-8-16;1-11(2)18-19(14-5-4-6-17(30-3)20(14)24)22(23(28)29)27-21(18)15-9-12(25)10-16-13(15)7-8-26-16;1-5-3-2-4-6(7(5)9)8(10)11/h5-13,27H,1-4H3;4-11,26-27H,1-3H3,(H,28,29);2-4,10-11H,1H3. The fourth-order valence-corrected chi connectivity index (χ4v) is 11.5. The third kappa shape index (κ3) is 10.8. The predicted octanol–water partition coefficient (Wildman–Crippen LogP) is 12.8. The first-order chi connectivity index (χ1) is 35.0. The van der Waals surface area contributed by atoms with E-state index in [4.69, 9.17) is 42.7 Å². The number of aromatic amines is 3. The van der Waals surface area contributed by atoms with E-state index in [1.165, 1.54) is 56.8 Å². The fourth-order valence-electron chi connectivity index (χ4n) is 8.73. The van der Waals surface area contributed by atoms with Crippen LogP contribution in [0.3, 0.4) is 0 Å². The van der Waals surface area contributed by atoms with Crippen molar-refractivity contribution in [3.63, 3.8) is 0 Å². The van der Waals surface area contributed by atoms with Crippen molar-refractivity contribution in [1.82, 2.24) is 18.9 Å². The average molecular weight is 1130 g/mol. The zero-order valence-corrected chi connectivity index (χ0v) is 45.1. The van der Waals surface area contributed by atoms with Crippen molar-refractivity contribution in [3.05, 3.63) is 169 Å². The summed E-state index contributed by atoms with van der Waals surface area (Å²) in [5.74, 6) is -2.36. The van der Waals surface area contributed by atoms with Crippen molar-refractivity contribution in [2.45, 2.75) is 58.3 Å². The molecule has 0 unspecified atom stereocenters. The first kappa shape index (κ1) is 55.1. The lowest BCUT2D eigenvalue weighted by Crippen LogP contribution is -2.30. The van der Waals surface area contributed by atoms with Gasteiger partial charge in [-0.3, -0.25) is 0 Å². The molecule has 0 amide bonds. The number of rotatable bonds is 11. The second kappa shape index (κ2) is 22.4. The van der Waals surface area contributed by atoms with Gasteiger partial charge in [0.05, 0.1) is 45.5 Å². The Labute approximate surface area is 444 Å². The van der Waals surface area contributed by atoms with Crippen LogP contribution in [0.2, 0.25) is 10.0 Å². The number of carboxylic acids is 1. The molecule has 0 atom stereocenters. The number of benzene rings is 5. The number of hydrogen-bond acceptors (Lipinski definition) is 8. The highest BCUT2D eigenvalue weighted by atomic mass is 79.9. The van der Waals surface area contributed by atoms with Gasteiger partial charge >= 0.3 is 19.1 Å². The molecule has 384 valence electrons. The highest BCUT2D eigenvalue weighted by Crippen LogP contribution is 2.46. The van der Waals surface area contributed by atoms with Crippen LogP contribution in [0.5, 0.6) is 5.75 Å². The molecule has 9 rings (SSSR count). The van der Waals surface area contributed by atoms with E-state index in [-0.39, 0.29) is 33.6 Å². The molecule has 4 heterocycles. The number of H-pyrrole nitrogens is 3. The van der Waals surface area contributed by atoms with Gasteiger partial charge in [0.2, 0.25) is 0 Å². The maximum atomic E-state index is 14.8. The number of nitrogens with zero attached hydrogens (tertiary/aromatic N) is 1. The summed E-state index contributed by atoms with van der Waals surface area (Å²) in [6, 6.07) is 25.7. The molecule has 0 radical (unpaired) electrons. The van der Waals surface area contributed by atoms with Gasteiger partial charge in [0, 0.05) is 61.4 Å². The Balaban J connectivity index is 0.000000180. The minimum absolute atomic E-state index is 0.00296. The minimum Gasteiger partial charge on any atom is -0.495 e. The SMILES string of the molecule is COC(=O)c1[nH]c(-c2cc(F)cc3c2ccn3S(=O)(=O)c2ccc(C)cc2)c(C(C)C)c1Br.COc1cccc(-c2c(C(=O)O)[nH]c(-c3cc(F)cc4[nH]ccc34)c2C(C)C)c1Cl.Cc1cccc(B(O)O)c1Cl. The Morgan fingerprint density at radius 2 is 1.36 bits per heavy atom. The summed E-state index contributed by atoms with van der Waals surface area (Å²) < 4.78 is 67.6. The molecule has 0 aliphatic heterocycles. The van der Waals surface area contributed by atoms with Gasteiger partial charge in [-0.05, 0) is 113 Å². The summed E-state index contributed by atoms with van der Waals surface area (Å²) in [5, 5.41) is 29.6. The zero-order valence-electron chi connectivity index (χ0n) is 41.2. The number of fused-ring (bicyclic) bond motifs is 2. The van der Waals surface area contributed by atoms with Gasteiger partial charge in [-0.15, -0.1) is 0 Å². The largest absolute Gasteiger partial charge is 0.495 e. The van der Waals surface area contributed by atoms with Gasteiger partial charge in [-0.1, -0.05) is 98.9 Å². The monoisotopic (exact) mass is 1130 g/mol. The van der Waals surface area contributed by atoms with E-state index in [0.717, 1.165) is 31.6 Å². The second-order valence-corrected chi connectivity index (χ2v) is 21.1. The van der Waals surface area contributed by atoms with Crippen molar-refractivity contribution in [2.75, 3.05) is 14.2 Å². The summed E-state index contributed by atoms with van der Waals surface area (Å²) in [6.45, 7) is 11.5. The molecule has 0 fully saturated rings. The molecule has 6 N–H and O–H groups in total.